The Balaban J connectivity index is 2.43. The minimum atomic E-state index is -3.90. The Kier molecular flexibility index (Phi) is 4.62. The second-order valence-electron chi connectivity index (χ2n) is 4.07. The van der Waals surface area contributed by atoms with Crippen molar-refractivity contribution in [1.82, 2.24) is 0 Å². The first-order chi connectivity index (χ1) is 9.72. The number of carboxylic acid groups (broad SMARTS) is 1. The highest BCUT2D eigenvalue weighted by Gasteiger charge is 2.23. The summed E-state index contributed by atoms with van der Waals surface area (Å²) in [5, 5.41) is 9.35. The van der Waals surface area contributed by atoms with Crippen molar-refractivity contribution in [3.05, 3.63) is 43.5 Å². The Bertz CT molecular complexity index is 817. The third-order valence-corrected chi connectivity index (χ3v) is 6.68. The molecule has 0 saturated carbocycles. The predicted molar refractivity (Wildman–Crippen MR) is 86.0 cm³/mol. The maximum Gasteiger partial charge on any atom is 0.345 e. The molecular formula is C12H9BrClNO4S2. The van der Waals surface area contributed by atoms with Gasteiger partial charge in [-0.1, -0.05) is 17.7 Å². The summed E-state index contributed by atoms with van der Waals surface area (Å²) in [6.07, 6.45) is 0. The number of sulfonamides is 1. The van der Waals surface area contributed by atoms with E-state index in [9.17, 15) is 13.2 Å². The molecule has 0 spiro atoms. The molecule has 0 aliphatic rings. The molecule has 0 atom stereocenters. The molecule has 0 saturated heterocycles. The summed E-state index contributed by atoms with van der Waals surface area (Å²) in [4.78, 5) is 10.7. The summed E-state index contributed by atoms with van der Waals surface area (Å²) >= 11 is 9.86. The highest BCUT2D eigenvalue weighted by molar-refractivity contribution is 9.11. The van der Waals surface area contributed by atoms with E-state index >= 15 is 0 Å². The molecule has 1 aromatic heterocycles. The number of rotatable bonds is 4. The molecule has 0 aliphatic carbocycles. The van der Waals surface area contributed by atoms with Crippen LogP contribution in [0.2, 0.25) is 5.02 Å². The largest absolute Gasteiger partial charge is 0.477 e. The zero-order valence-corrected chi connectivity index (χ0v) is 14.5. The van der Waals surface area contributed by atoms with Crippen molar-refractivity contribution < 1.29 is 18.3 Å². The van der Waals surface area contributed by atoms with E-state index in [0.717, 1.165) is 17.4 Å². The molecular weight excluding hydrogens is 402 g/mol. The van der Waals surface area contributed by atoms with Crippen LogP contribution in [0.5, 0.6) is 0 Å². The Morgan fingerprint density at radius 3 is 2.67 bits per heavy atom. The van der Waals surface area contributed by atoms with Crippen molar-refractivity contribution in [2.75, 3.05) is 4.72 Å². The molecule has 0 amide bonds. The summed E-state index contributed by atoms with van der Waals surface area (Å²) < 4.78 is 27.3. The van der Waals surface area contributed by atoms with E-state index in [4.69, 9.17) is 16.7 Å². The fourth-order valence-electron chi connectivity index (χ4n) is 1.56. The van der Waals surface area contributed by atoms with Crippen LogP contribution in [0, 0.1) is 6.92 Å². The maximum absolute atomic E-state index is 12.4. The summed E-state index contributed by atoms with van der Waals surface area (Å²) in [7, 11) is -3.90. The first-order valence-electron chi connectivity index (χ1n) is 5.53. The van der Waals surface area contributed by atoms with Gasteiger partial charge in [0.1, 0.15) is 9.77 Å². The third-order valence-electron chi connectivity index (χ3n) is 2.67. The van der Waals surface area contributed by atoms with Crippen molar-refractivity contribution in [2.24, 2.45) is 0 Å². The number of thiophene rings is 1. The monoisotopic (exact) mass is 409 g/mol. The lowest BCUT2D eigenvalue weighted by Crippen LogP contribution is -2.13. The fourth-order valence-corrected chi connectivity index (χ4v) is 5.26. The second-order valence-corrected chi connectivity index (χ2v) is 8.50. The highest BCUT2D eigenvalue weighted by Crippen LogP contribution is 2.33. The topological polar surface area (TPSA) is 83.5 Å². The number of carbonyl (C=O) groups is 1. The van der Waals surface area contributed by atoms with E-state index in [-0.39, 0.29) is 13.6 Å². The predicted octanol–water partition coefficient (Wildman–Crippen LogP) is 3.97. The van der Waals surface area contributed by atoms with Gasteiger partial charge >= 0.3 is 5.97 Å². The number of hydrogen-bond acceptors (Lipinski definition) is 4. The van der Waals surface area contributed by atoms with E-state index in [1.165, 1.54) is 0 Å². The summed E-state index contributed by atoms with van der Waals surface area (Å²) in [6, 6.07) is 5.96. The molecule has 1 heterocycles. The summed E-state index contributed by atoms with van der Waals surface area (Å²) in [6.45, 7) is 1.69. The molecule has 112 valence electrons. The van der Waals surface area contributed by atoms with Crippen molar-refractivity contribution in [2.45, 2.75) is 11.8 Å². The van der Waals surface area contributed by atoms with Crippen molar-refractivity contribution >= 4 is 60.5 Å². The van der Waals surface area contributed by atoms with Crippen LogP contribution in [-0.2, 0) is 10.0 Å². The average molecular weight is 411 g/mol. The molecule has 0 radical (unpaired) electrons. The van der Waals surface area contributed by atoms with Crippen LogP contribution in [0.25, 0.3) is 0 Å². The van der Waals surface area contributed by atoms with Gasteiger partial charge in [0.15, 0.2) is 0 Å². The zero-order chi connectivity index (χ0) is 15.8. The van der Waals surface area contributed by atoms with Crippen molar-refractivity contribution in [3.63, 3.8) is 0 Å². The summed E-state index contributed by atoms with van der Waals surface area (Å²) in [5.41, 5.74) is 0.935. The van der Waals surface area contributed by atoms with E-state index in [2.05, 4.69) is 20.7 Å². The Morgan fingerprint density at radius 2 is 2.10 bits per heavy atom. The third kappa shape index (κ3) is 3.39. The van der Waals surface area contributed by atoms with E-state index in [1.54, 1.807) is 25.1 Å². The highest BCUT2D eigenvalue weighted by atomic mass is 79.9. The van der Waals surface area contributed by atoms with Gasteiger partial charge in [0.25, 0.3) is 10.0 Å². The normalized spacial score (nSPS) is 11.4. The standard InChI is InChI=1S/C12H9BrClNO4S2/c1-6-7(14)3-2-4-8(6)15-21(18,19)10-5-9(12(16)17)20-11(10)13/h2-5,15H,1H3,(H,16,17). The second kappa shape index (κ2) is 5.96. The lowest BCUT2D eigenvalue weighted by atomic mass is 10.2. The van der Waals surface area contributed by atoms with Crippen LogP contribution >= 0.6 is 38.9 Å². The Morgan fingerprint density at radius 1 is 1.43 bits per heavy atom. The van der Waals surface area contributed by atoms with Gasteiger partial charge in [0.2, 0.25) is 0 Å². The molecule has 5 nitrogen and oxygen atoms in total. The first-order valence-corrected chi connectivity index (χ1v) is 9.00. The van der Waals surface area contributed by atoms with Gasteiger partial charge in [-0.25, -0.2) is 13.2 Å². The van der Waals surface area contributed by atoms with Gasteiger partial charge in [0, 0.05) is 5.02 Å². The van der Waals surface area contributed by atoms with Gasteiger partial charge < -0.3 is 5.11 Å². The average Bonchev–Trinajstić information content (AvgIpc) is 2.78. The van der Waals surface area contributed by atoms with Gasteiger partial charge in [-0.2, -0.15) is 0 Å². The fraction of sp³-hybridized carbons (Fsp3) is 0.0833. The van der Waals surface area contributed by atoms with Crippen molar-refractivity contribution in [3.8, 4) is 0 Å². The lowest BCUT2D eigenvalue weighted by molar-refractivity contribution is 0.0702. The van der Waals surface area contributed by atoms with E-state index in [1.807, 2.05) is 0 Å². The molecule has 0 unspecified atom stereocenters. The Labute approximate surface area is 138 Å². The van der Waals surface area contributed by atoms with E-state index < -0.39 is 16.0 Å². The molecule has 2 N–H and O–H groups in total. The number of benzene rings is 1. The van der Waals surface area contributed by atoms with Crippen LogP contribution < -0.4 is 4.72 Å². The van der Waals surface area contributed by atoms with Crippen LogP contribution in [0.1, 0.15) is 15.2 Å². The number of halogens is 2. The summed E-state index contributed by atoms with van der Waals surface area (Å²) in [5.74, 6) is -1.18. The molecule has 21 heavy (non-hydrogen) atoms. The first kappa shape index (κ1) is 16.3. The molecule has 2 aromatic rings. The molecule has 0 aliphatic heterocycles. The van der Waals surface area contributed by atoms with Crippen LogP contribution in [-0.4, -0.2) is 19.5 Å². The minimum absolute atomic E-state index is 0.0648. The number of hydrogen-bond donors (Lipinski definition) is 2. The van der Waals surface area contributed by atoms with Crippen LogP contribution in [0.3, 0.4) is 0 Å². The number of carboxylic acids is 1. The Hall–Kier alpha value is -1.09. The van der Waals surface area contributed by atoms with Crippen molar-refractivity contribution in [1.29, 1.82) is 0 Å². The molecule has 2 rings (SSSR count). The van der Waals surface area contributed by atoms with Crippen LogP contribution in [0.15, 0.2) is 32.9 Å². The molecule has 9 heteroatoms. The maximum atomic E-state index is 12.4. The number of anilines is 1. The SMILES string of the molecule is Cc1c(Cl)cccc1NS(=O)(=O)c1cc(C(=O)O)sc1Br. The van der Waals surface area contributed by atoms with Gasteiger partial charge in [0.05, 0.1) is 9.47 Å². The van der Waals surface area contributed by atoms with Crippen LogP contribution in [0.4, 0.5) is 5.69 Å². The van der Waals surface area contributed by atoms with Gasteiger partial charge in [-0.05, 0) is 46.6 Å². The zero-order valence-electron chi connectivity index (χ0n) is 10.6. The van der Waals surface area contributed by atoms with Gasteiger partial charge in [-0.3, -0.25) is 4.72 Å². The number of nitrogens with one attached hydrogen (secondary N) is 1. The number of aromatic carboxylic acids is 1. The van der Waals surface area contributed by atoms with Gasteiger partial charge in [-0.15, -0.1) is 11.3 Å². The smallest absolute Gasteiger partial charge is 0.345 e. The quantitative estimate of drug-likeness (QED) is 0.799. The molecule has 0 bridgehead atoms. The lowest BCUT2D eigenvalue weighted by Gasteiger charge is -2.10. The molecule has 0 fully saturated rings. The molecule has 1 aromatic carbocycles. The van der Waals surface area contributed by atoms with E-state index in [0.29, 0.717) is 16.3 Å². The minimum Gasteiger partial charge on any atom is -0.477 e.